The van der Waals surface area contributed by atoms with E-state index in [-0.39, 0.29) is 30.9 Å². The third kappa shape index (κ3) is 18.0. The van der Waals surface area contributed by atoms with Gasteiger partial charge in [0, 0.05) is 12.8 Å². The summed E-state index contributed by atoms with van der Waals surface area (Å²) in [5.74, 6) is -9.24. The Balaban J connectivity index is 2.29. The van der Waals surface area contributed by atoms with Gasteiger partial charge in [-0.2, -0.15) is 0 Å². The van der Waals surface area contributed by atoms with E-state index in [4.69, 9.17) is 11.6 Å². The fraction of sp³-hybridized carbons (Fsp3) is 0.477. The number of carboxylic acid groups (broad SMARTS) is 2. The third-order valence-electron chi connectivity index (χ3n) is 11.0. The molecule has 1 fully saturated rings. The van der Waals surface area contributed by atoms with Crippen LogP contribution in [0, 0.1) is 5.92 Å². The number of hydrogen-bond acceptors (Lipinski definition) is 20. The second kappa shape index (κ2) is 27.9. The van der Waals surface area contributed by atoms with E-state index in [1.54, 1.807) is 44.2 Å². The number of ketones is 4. The fourth-order valence-corrected chi connectivity index (χ4v) is 7.27. The summed E-state index contributed by atoms with van der Waals surface area (Å²) in [4.78, 5) is 147. The monoisotopic (exact) mass is 999 g/mol. The lowest BCUT2D eigenvalue weighted by atomic mass is 9.86. The molecule has 2 aromatic rings. The first-order chi connectivity index (χ1) is 33.5. The highest BCUT2D eigenvalue weighted by Gasteiger charge is 2.43. The number of benzene rings is 2. The van der Waals surface area contributed by atoms with Crippen LogP contribution in [0.2, 0.25) is 0 Å². The lowest BCUT2D eigenvalue weighted by Crippen LogP contribution is -2.69. The molecule has 1 saturated heterocycles. The Morgan fingerprint density at radius 1 is 0.704 bits per heavy atom. The van der Waals surface area contributed by atoms with Crippen molar-refractivity contribution in [2.24, 2.45) is 17.5 Å². The van der Waals surface area contributed by atoms with E-state index in [0.717, 1.165) is 0 Å². The van der Waals surface area contributed by atoms with Crippen LogP contribution in [-0.4, -0.2) is 158 Å². The molecule has 1 heterocycles. The maximum atomic E-state index is 14.9. The minimum atomic E-state index is -2.16. The van der Waals surface area contributed by atoms with Crippen LogP contribution in [0.25, 0.3) is 0 Å². The largest absolute Gasteiger partial charge is 0.508 e. The summed E-state index contributed by atoms with van der Waals surface area (Å²) in [6.45, 7) is 0.597. The van der Waals surface area contributed by atoms with Crippen molar-refractivity contribution in [2.45, 2.75) is 107 Å². The molecule has 388 valence electrons. The van der Waals surface area contributed by atoms with E-state index >= 15 is 0 Å². The number of nitrogens with two attached hydrogens (primary N) is 2. The van der Waals surface area contributed by atoms with Crippen molar-refractivity contribution in [3.63, 3.8) is 0 Å². The lowest BCUT2D eigenvalue weighted by Gasteiger charge is -2.36. The third-order valence-corrected chi connectivity index (χ3v) is 11.0. The number of primary amides is 1. The number of aliphatic hydroxyl groups excluding tert-OH is 2. The van der Waals surface area contributed by atoms with Gasteiger partial charge < -0.3 is 52.5 Å². The number of carbonyl (C=O) groups excluding carboxylic acids is 9. The van der Waals surface area contributed by atoms with Crippen LogP contribution in [0.5, 0.6) is 5.75 Å². The second-order valence-corrected chi connectivity index (χ2v) is 17.1. The Hall–Kier alpha value is -7.11. The Morgan fingerprint density at radius 2 is 1.24 bits per heavy atom. The number of carbonyl (C=O) groups is 11. The van der Waals surface area contributed by atoms with Gasteiger partial charge in [0.1, 0.15) is 35.5 Å². The van der Waals surface area contributed by atoms with Gasteiger partial charge in [0.05, 0.1) is 44.2 Å². The lowest BCUT2D eigenvalue weighted by molar-refractivity contribution is -0.143. The van der Waals surface area contributed by atoms with Gasteiger partial charge in [-0.1, -0.05) is 56.3 Å². The number of aliphatic hydroxyl groups is 2. The minimum absolute atomic E-state index is 0.117. The molecule has 1 unspecified atom stereocenters. The zero-order valence-corrected chi connectivity index (χ0v) is 38.8. The summed E-state index contributed by atoms with van der Waals surface area (Å²) >= 11 is 0. The smallest absolute Gasteiger partial charge is 0.305 e. The van der Waals surface area contributed by atoms with Crippen LogP contribution in [0.3, 0.4) is 0 Å². The number of nitrogens with one attached hydrogen (secondary N) is 9. The molecule has 0 aliphatic carbocycles. The summed E-state index contributed by atoms with van der Waals surface area (Å²) < 4.78 is 0. The number of amides is 5. The van der Waals surface area contributed by atoms with E-state index in [1.165, 1.54) is 24.3 Å². The number of aliphatic carboxylic acids is 2. The number of hydrazine groups is 3. The molecule has 5 amide bonds. The molecule has 3 rings (SSSR count). The quantitative estimate of drug-likeness (QED) is 0.0315. The number of phenols is 1. The van der Waals surface area contributed by atoms with Crippen LogP contribution in [-0.2, 0) is 65.6 Å². The first-order valence-electron chi connectivity index (χ1n) is 22.1. The Kier molecular flexibility index (Phi) is 22.9. The molecule has 27 nitrogen and oxygen atoms in total. The van der Waals surface area contributed by atoms with Crippen LogP contribution in [0.4, 0.5) is 0 Å². The minimum Gasteiger partial charge on any atom is -0.508 e. The Bertz CT molecular complexity index is 2250. The number of aromatic hydroxyl groups is 1. The van der Waals surface area contributed by atoms with Crippen molar-refractivity contribution in [2.75, 3.05) is 19.8 Å². The van der Waals surface area contributed by atoms with Crippen LogP contribution in [0.1, 0.15) is 57.1 Å². The Morgan fingerprint density at radius 3 is 1.80 bits per heavy atom. The van der Waals surface area contributed by atoms with Gasteiger partial charge >= 0.3 is 11.9 Å². The molecule has 0 spiro atoms. The van der Waals surface area contributed by atoms with Gasteiger partial charge in [-0.3, -0.25) is 64.0 Å². The zero-order valence-electron chi connectivity index (χ0n) is 38.8. The summed E-state index contributed by atoms with van der Waals surface area (Å²) in [7, 11) is 0. The molecule has 18 N–H and O–H groups in total. The van der Waals surface area contributed by atoms with E-state index in [0.29, 0.717) is 11.1 Å². The number of carboxylic acids is 2. The maximum Gasteiger partial charge on any atom is 0.305 e. The molecular formula is C44H61N11O16. The topological polar surface area (TPSA) is 449 Å². The molecule has 0 radical (unpaired) electrons. The van der Waals surface area contributed by atoms with Crippen molar-refractivity contribution >= 4 is 64.6 Å². The molecule has 1 aliphatic rings. The highest BCUT2D eigenvalue weighted by atomic mass is 16.4. The van der Waals surface area contributed by atoms with Crippen LogP contribution >= 0.6 is 0 Å². The van der Waals surface area contributed by atoms with Gasteiger partial charge in [0.2, 0.25) is 46.8 Å². The molecule has 2 aromatic carbocycles. The number of Topliss-reactive ketones (excluding diaryl/α,β-unsaturated/α-hetero) is 4. The normalized spacial score (nSPS) is 23.0. The summed E-state index contributed by atoms with van der Waals surface area (Å²) in [6, 6.07) is 0.902. The maximum absolute atomic E-state index is 14.9. The standard InChI is InChI=1S/C44H61N11O16/c1-22(2)14-27(51-46)37(65)38(66)28(15-23-8-10-25(58)11-9-23)53-55-44(19-24-6-4-3-5-7-24)12-13-47-26(16-33(45)59)36(64)39(67)31(20-56)49-42(70)32(21-57)50-40(68)29(17-34(60)61)48-41(69)30(18-35(62)63)52-54-43(44)71/h3-11,22,26-32,47,51-53,55-58H,12-21,46H2,1-2H3,(H2,45,59)(H,48,69)(H,49,70)(H,50,68)(H,54,71)(H,60,61)(H,62,63)/t26-,27-,28-,29-,30-,31-,32-,44?/m0/s1. The average molecular weight is 1000 g/mol. The second-order valence-electron chi connectivity index (χ2n) is 17.1. The fourth-order valence-electron chi connectivity index (χ4n) is 7.27. The van der Waals surface area contributed by atoms with Crippen LogP contribution in [0.15, 0.2) is 54.6 Å². The molecule has 1 aliphatic heterocycles. The van der Waals surface area contributed by atoms with Crippen molar-refractivity contribution < 1.29 is 78.3 Å². The molecule has 0 bridgehead atoms. The van der Waals surface area contributed by atoms with Gasteiger partial charge in [0.25, 0.3) is 5.91 Å². The SMILES string of the molecule is CC(C)C[C@H](NN)C(=O)C(=O)[C@H](Cc1ccc(O)cc1)NNC1(Cc2ccccc2)CCN[C@@H](CC(N)=O)C(=O)C(=O)[C@H](CO)NC(=O)[C@H](CO)NC(=O)[C@H](CC(=O)O)NC(=O)[C@H](CC(=O)O)NNC1=O. The molecule has 0 saturated carbocycles. The van der Waals surface area contributed by atoms with Gasteiger partial charge in [0.15, 0.2) is 0 Å². The van der Waals surface area contributed by atoms with Crippen molar-refractivity contribution in [3.8, 4) is 5.75 Å². The van der Waals surface area contributed by atoms with E-state index in [2.05, 4.69) is 32.4 Å². The average Bonchev–Trinajstić information content (AvgIpc) is 3.32. The number of hydrogen-bond donors (Lipinski definition) is 16. The molecule has 71 heavy (non-hydrogen) atoms. The molecule has 8 atom stereocenters. The zero-order chi connectivity index (χ0) is 53.0. The van der Waals surface area contributed by atoms with E-state index in [1.807, 2.05) is 16.0 Å². The molecular weight excluding hydrogens is 939 g/mol. The van der Waals surface area contributed by atoms with Crippen LogP contribution < -0.4 is 60.0 Å². The predicted octanol–water partition coefficient (Wildman–Crippen LogP) is -5.85. The summed E-state index contributed by atoms with van der Waals surface area (Å²) in [5.41, 5.74) is 16.6. The van der Waals surface area contributed by atoms with E-state index < -0.39 is 158 Å². The summed E-state index contributed by atoms with van der Waals surface area (Å²) in [6.07, 6.45) is -4.21. The van der Waals surface area contributed by atoms with Gasteiger partial charge in [-0.05, 0) is 55.0 Å². The van der Waals surface area contributed by atoms with Gasteiger partial charge in [-0.25, -0.2) is 21.7 Å². The van der Waals surface area contributed by atoms with Crippen molar-refractivity contribution in [3.05, 3.63) is 65.7 Å². The van der Waals surface area contributed by atoms with Crippen molar-refractivity contribution in [1.29, 1.82) is 0 Å². The van der Waals surface area contributed by atoms with E-state index in [9.17, 15) is 78.3 Å². The number of phenolic OH excluding ortho intramolecular Hbond substituents is 1. The van der Waals surface area contributed by atoms with Crippen molar-refractivity contribution in [1.82, 2.24) is 48.4 Å². The first-order valence-corrected chi connectivity index (χ1v) is 22.1. The van der Waals surface area contributed by atoms with Gasteiger partial charge in [-0.15, -0.1) is 0 Å². The molecule has 27 heteroatoms. The summed E-state index contributed by atoms with van der Waals surface area (Å²) in [5, 5.41) is 58.1. The number of rotatable bonds is 21. The predicted molar refractivity (Wildman–Crippen MR) is 245 cm³/mol. The first kappa shape index (κ1) is 58.2. The molecule has 0 aromatic heterocycles. The highest BCUT2D eigenvalue weighted by Crippen LogP contribution is 2.20. The highest BCUT2D eigenvalue weighted by molar-refractivity contribution is 6.42. The Labute approximate surface area is 405 Å².